The Morgan fingerprint density at radius 1 is 1.31 bits per heavy atom. The van der Waals surface area contributed by atoms with Gasteiger partial charge in [0.25, 0.3) is 0 Å². The van der Waals surface area contributed by atoms with Gasteiger partial charge in [0.2, 0.25) is 10.0 Å². The molecule has 0 bridgehead atoms. The van der Waals surface area contributed by atoms with E-state index in [0.717, 1.165) is 5.69 Å². The summed E-state index contributed by atoms with van der Waals surface area (Å²) in [5.74, 6) is -0.109. The molecule has 8 nitrogen and oxygen atoms in total. The van der Waals surface area contributed by atoms with Crippen LogP contribution in [0.4, 0.5) is 0 Å². The summed E-state index contributed by atoms with van der Waals surface area (Å²) in [7, 11) is 2.05. The van der Waals surface area contributed by atoms with Gasteiger partial charge in [0.15, 0.2) is 13.8 Å². The largest absolute Gasteiger partial charge is 0.358 e. The number of rotatable bonds is 5. The normalized spacial score (nSPS) is 22.9. The lowest BCUT2D eigenvalue weighted by atomic mass is 9.98. The summed E-state index contributed by atoms with van der Waals surface area (Å²) >= 11 is 0. The van der Waals surface area contributed by atoms with E-state index in [1.807, 2.05) is 0 Å². The number of hydrogen-bond acceptors (Lipinski definition) is 6. The zero-order chi connectivity index (χ0) is 20.6. The molecule has 0 saturated carbocycles. The Morgan fingerprint density at radius 3 is 2.59 bits per heavy atom. The summed E-state index contributed by atoms with van der Waals surface area (Å²) in [5, 5.41) is 0. The van der Waals surface area contributed by atoms with E-state index in [0.29, 0.717) is 44.5 Å². The second kappa shape index (κ2) is 7.68. The maximum absolute atomic E-state index is 13.7. The van der Waals surface area contributed by atoms with Crippen LogP contribution in [-0.2, 0) is 21.2 Å². The molecule has 4 rings (SSSR count). The summed E-state index contributed by atoms with van der Waals surface area (Å²) in [6.45, 7) is 2.85. The lowest BCUT2D eigenvalue weighted by molar-refractivity contribution is -0.0817. The van der Waals surface area contributed by atoms with Crippen LogP contribution >= 0.6 is 0 Å². The van der Waals surface area contributed by atoms with Crippen LogP contribution < -0.4 is 0 Å². The highest BCUT2D eigenvalue weighted by molar-refractivity contribution is 7.89. The minimum atomic E-state index is -3.86. The molecule has 29 heavy (non-hydrogen) atoms. The van der Waals surface area contributed by atoms with Gasteiger partial charge in [0.05, 0.1) is 23.9 Å². The average Bonchev–Trinajstić information content (AvgIpc) is 3.33. The van der Waals surface area contributed by atoms with E-state index in [4.69, 9.17) is 12.7 Å². The van der Waals surface area contributed by atoms with E-state index >= 15 is 0 Å². The van der Waals surface area contributed by atoms with Crippen molar-refractivity contribution in [2.45, 2.75) is 42.8 Å². The highest BCUT2D eigenvalue weighted by Gasteiger charge is 2.54. The first-order valence-electron chi connectivity index (χ1n) is 9.58. The average molecular weight is 414 g/mol. The minimum Gasteiger partial charge on any atom is -0.358 e. The number of nitrogens with one attached hydrogen (secondary N) is 1. The fraction of sp³-hybridized carbons (Fsp3) is 0.474. The molecule has 1 unspecified atom stereocenters. The van der Waals surface area contributed by atoms with Crippen LogP contribution in [0.5, 0.6) is 0 Å². The molecule has 1 spiro atoms. The van der Waals surface area contributed by atoms with Crippen LogP contribution in [0.2, 0.25) is 0 Å². The molecule has 2 saturated heterocycles. The zero-order valence-corrected chi connectivity index (χ0v) is 17.1. The van der Waals surface area contributed by atoms with Gasteiger partial charge in [-0.2, -0.15) is 4.31 Å². The maximum atomic E-state index is 13.7. The number of imidazole rings is 1. The molecule has 1 aromatic heterocycles. The number of aromatic amines is 1. The molecule has 3 heterocycles. The number of carbonyl (C=O) groups is 1. The first kappa shape index (κ1) is 20.3. The Kier molecular flexibility index (Phi) is 5.37. The van der Waals surface area contributed by atoms with Crippen LogP contribution in [0, 0.1) is 0 Å². The number of ether oxygens (including phenoxy) is 1. The summed E-state index contributed by atoms with van der Waals surface area (Å²) in [4.78, 5) is 20.5. The number of nitrogens with zero attached hydrogens (tertiary/aromatic N) is 3. The van der Waals surface area contributed by atoms with Gasteiger partial charge in [0, 0.05) is 36.7 Å². The third-order valence-electron chi connectivity index (χ3n) is 5.69. The quantitative estimate of drug-likeness (QED) is 0.582. The van der Waals surface area contributed by atoms with E-state index in [1.54, 1.807) is 29.5 Å². The molecular weight excluding hydrogens is 391 g/mol. The molecule has 2 fully saturated rings. The molecule has 2 aliphatic heterocycles. The summed E-state index contributed by atoms with van der Waals surface area (Å²) in [6.07, 6.45) is 4.73. The number of H-pyrrole nitrogens is 1. The Labute approximate surface area is 171 Å². The van der Waals surface area contributed by atoms with Crippen molar-refractivity contribution < 1.29 is 17.9 Å². The van der Waals surface area contributed by atoms with E-state index in [9.17, 15) is 13.2 Å². The van der Waals surface area contributed by atoms with Crippen molar-refractivity contribution in [3.63, 3.8) is 0 Å². The summed E-state index contributed by atoms with van der Waals surface area (Å²) in [5.41, 5.74) is 0.402. The standard InChI is InChI=1S/C19H23BN4O4S/c1-14(25)15-2-4-18(5-3-15)29(26,27)24-17(10-16-11-21-13-22-16)12-28-19(24)6-8-23(20)9-7-19/h2-5,11,13,17H,6-10,12H2,1H3,(H,21,22). The lowest BCUT2D eigenvalue weighted by Crippen LogP contribution is -2.56. The molecule has 2 aromatic rings. The maximum Gasteiger partial charge on any atom is 0.245 e. The molecular formula is C19H23BN4O4S. The number of ketones is 1. The molecule has 0 aliphatic carbocycles. The zero-order valence-electron chi connectivity index (χ0n) is 16.2. The van der Waals surface area contributed by atoms with Crippen LogP contribution in [-0.4, -0.2) is 72.7 Å². The Hall–Kier alpha value is -2.01. The SMILES string of the molecule is [B]N1CCC2(CC1)OCC(Cc1cnc[nH]1)N2S(=O)(=O)c1ccc(C(C)=O)cc1. The van der Waals surface area contributed by atoms with Crippen LogP contribution in [0.25, 0.3) is 0 Å². The predicted octanol–water partition coefficient (Wildman–Crippen LogP) is 1.12. The highest BCUT2D eigenvalue weighted by Crippen LogP contribution is 2.41. The number of sulfonamides is 1. The van der Waals surface area contributed by atoms with Crippen molar-refractivity contribution in [3.8, 4) is 0 Å². The van der Waals surface area contributed by atoms with E-state index in [1.165, 1.54) is 23.4 Å². The van der Waals surface area contributed by atoms with Crippen molar-refractivity contribution in [3.05, 3.63) is 48.0 Å². The fourth-order valence-electron chi connectivity index (χ4n) is 4.14. The molecule has 0 amide bonds. The fourth-order valence-corrected chi connectivity index (χ4v) is 6.04. The monoisotopic (exact) mass is 414 g/mol. The third-order valence-corrected chi connectivity index (χ3v) is 7.70. The van der Waals surface area contributed by atoms with Crippen LogP contribution in [0.15, 0.2) is 41.7 Å². The van der Waals surface area contributed by atoms with E-state index < -0.39 is 15.7 Å². The molecule has 1 N–H and O–H groups in total. The van der Waals surface area contributed by atoms with E-state index in [-0.39, 0.29) is 16.7 Å². The third kappa shape index (κ3) is 3.77. The molecule has 152 valence electrons. The first-order valence-corrected chi connectivity index (χ1v) is 11.0. The van der Waals surface area contributed by atoms with Crippen LogP contribution in [0.3, 0.4) is 0 Å². The van der Waals surface area contributed by atoms with Crippen molar-refractivity contribution >= 4 is 23.8 Å². The number of carbonyl (C=O) groups excluding carboxylic acids is 1. The van der Waals surface area contributed by atoms with Gasteiger partial charge in [-0.1, -0.05) is 12.1 Å². The van der Waals surface area contributed by atoms with Crippen molar-refractivity contribution in [2.24, 2.45) is 0 Å². The van der Waals surface area contributed by atoms with Crippen LogP contribution in [0.1, 0.15) is 35.8 Å². The number of benzene rings is 1. The number of aromatic nitrogens is 2. The van der Waals surface area contributed by atoms with Crippen molar-refractivity contribution in [1.82, 2.24) is 19.1 Å². The smallest absolute Gasteiger partial charge is 0.245 e. The van der Waals surface area contributed by atoms with Gasteiger partial charge in [0.1, 0.15) is 5.72 Å². The molecule has 1 aromatic carbocycles. The first-order chi connectivity index (χ1) is 13.8. The molecule has 10 heteroatoms. The Bertz CT molecular complexity index is 970. The summed E-state index contributed by atoms with van der Waals surface area (Å²) < 4.78 is 35.1. The highest BCUT2D eigenvalue weighted by atomic mass is 32.2. The summed E-state index contributed by atoms with van der Waals surface area (Å²) in [6, 6.07) is 5.71. The minimum absolute atomic E-state index is 0.109. The predicted molar refractivity (Wildman–Crippen MR) is 107 cm³/mol. The van der Waals surface area contributed by atoms with Crippen molar-refractivity contribution in [1.29, 1.82) is 0 Å². The number of Topliss-reactive ketones (excluding diaryl/α,β-unsaturated/α-hetero) is 1. The van der Waals surface area contributed by atoms with Gasteiger partial charge >= 0.3 is 0 Å². The van der Waals surface area contributed by atoms with Gasteiger partial charge in [-0.25, -0.2) is 13.4 Å². The molecule has 2 radical (unpaired) electrons. The van der Waals surface area contributed by atoms with Gasteiger partial charge < -0.3 is 14.5 Å². The second-order valence-corrected chi connectivity index (χ2v) is 9.42. The number of piperidine rings is 1. The van der Waals surface area contributed by atoms with Crippen molar-refractivity contribution in [2.75, 3.05) is 19.7 Å². The number of hydrogen-bond donors (Lipinski definition) is 1. The Morgan fingerprint density at radius 2 is 2.00 bits per heavy atom. The lowest BCUT2D eigenvalue weighted by Gasteiger charge is -2.43. The second-order valence-electron chi connectivity index (χ2n) is 7.61. The van der Waals surface area contributed by atoms with Gasteiger partial charge in [-0.3, -0.25) is 4.79 Å². The van der Waals surface area contributed by atoms with Gasteiger partial charge in [-0.05, 0) is 32.1 Å². The van der Waals surface area contributed by atoms with E-state index in [2.05, 4.69) is 9.97 Å². The molecule has 1 atom stereocenters. The van der Waals surface area contributed by atoms with Gasteiger partial charge in [-0.15, -0.1) is 0 Å². The molecule has 2 aliphatic rings. The topological polar surface area (TPSA) is 95.6 Å². The Balaban J connectivity index is 1.71.